The van der Waals surface area contributed by atoms with Gasteiger partial charge in [-0.3, -0.25) is 0 Å². The van der Waals surface area contributed by atoms with E-state index in [1.54, 1.807) is 0 Å². The van der Waals surface area contributed by atoms with Gasteiger partial charge in [0.05, 0.1) is 23.4 Å². The van der Waals surface area contributed by atoms with Crippen LogP contribution >= 0.6 is 11.6 Å². The first kappa shape index (κ1) is 15.1. The smallest absolute Gasteiger partial charge is 0.242 e. The van der Waals surface area contributed by atoms with Gasteiger partial charge in [-0.1, -0.05) is 11.6 Å². The van der Waals surface area contributed by atoms with Gasteiger partial charge in [0.2, 0.25) is 10.0 Å². The summed E-state index contributed by atoms with van der Waals surface area (Å²) in [5.41, 5.74) is 4.89. The normalized spacial score (nSPS) is 13.6. The number of anilines is 1. The van der Waals surface area contributed by atoms with Crippen LogP contribution in [0.25, 0.3) is 0 Å². The lowest BCUT2D eigenvalue weighted by molar-refractivity contribution is 0.0988. The van der Waals surface area contributed by atoms with Crippen molar-refractivity contribution in [3.05, 3.63) is 23.0 Å². The number of hydrogen-bond donors (Lipinski definition) is 4. The molecule has 102 valence electrons. The number of nitrogens with two attached hydrogens (primary N) is 1. The topological polar surface area (TPSA) is 113 Å². The Morgan fingerprint density at radius 2 is 2.11 bits per heavy atom. The van der Waals surface area contributed by atoms with Crippen molar-refractivity contribution >= 4 is 27.3 Å². The number of nitrogen functional groups attached to an aromatic ring is 1. The molecule has 18 heavy (non-hydrogen) atoms. The second kappa shape index (κ2) is 5.81. The van der Waals surface area contributed by atoms with Crippen LogP contribution in [-0.2, 0) is 10.0 Å². The van der Waals surface area contributed by atoms with Gasteiger partial charge in [-0.2, -0.15) is 0 Å². The third kappa shape index (κ3) is 3.53. The fourth-order valence-corrected chi connectivity index (χ4v) is 2.72. The molecule has 0 amide bonds. The molecular weight excluding hydrogens is 287 g/mol. The van der Waals surface area contributed by atoms with Gasteiger partial charge >= 0.3 is 0 Å². The van der Waals surface area contributed by atoms with Gasteiger partial charge in [-0.25, -0.2) is 17.5 Å². The Balaban J connectivity index is 3.02. The van der Waals surface area contributed by atoms with Gasteiger partial charge in [-0.15, -0.1) is 0 Å². The molecule has 1 aromatic rings. The second-order valence-electron chi connectivity index (χ2n) is 3.49. The van der Waals surface area contributed by atoms with Gasteiger partial charge in [0.15, 0.2) is 0 Å². The zero-order chi connectivity index (χ0) is 13.9. The van der Waals surface area contributed by atoms with Crippen LogP contribution in [0.5, 0.6) is 0 Å². The van der Waals surface area contributed by atoms with E-state index < -0.39 is 40.0 Å². The van der Waals surface area contributed by atoms with Gasteiger partial charge in [0, 0.05) is 6.54 Å². The van der Waals surface area contributed by atoms with Gasteiger partial charge < -0.3 is 15.9 Å². The summed E-state index contributed by atoms with van der Waals surface area (Å²) in [7, 11) is -4.04. The fraction of sp³-hybridized carbons (Fsp3) is 0.333. The van der Waals surface area contributed by atoms with E-state index in [2.05, 4.69) is 0 Å². The van der Waals surface area contributed by atoms with Crippen molar-refractivity contribution in [2.45, 2.75) is 11.0 Å². The molecule has 0 aliphatic heterocycles. The summed E-state index contributed by atoms with van der Waals surface area (Å²) in [6, 6.07) is 1.67. The van der Waals surface area contributed by atoms with Crippen LogP contribution in [0.1, 0.15) is 0 Å². The zero-order valence-electron chi connectivity index (χ0n) is 9.10. The highest BCUT2D eigenvalue weighted by atomic mass is 35.5. The molecule has 1 unspecified atom stereocenters. The largest absolute Gasteiger partial charge is 0.396 e. The maximum atomic E-state index is 13.0. The van der Waals surface area contributed by atoms with E-state index in [1.165, 1.54) is 0 Å². The predicted molar refractivity (Wildman–Crippen MR) is 64.1 cm³/mol. The Kier molecular flexibility index (Phi) is 4.88. The number of rotatable bonds is 5. The first-order valence-electron chi connectivity index (χ1n) is 4.81. The highest BCUT2D eigenvalue weighted by Gasteiger charge is 2.20. The molecule has 0 fully saturated rings. The Hall–Kier alpha value is -0.930. The van der Waals surface area contributed by atoms with Crippen LogP contribution in [0.2, 0.25) is 5.02 Å². The summed E-state index contributed by atoms with van der Waals surface area (Å²) in [5, 5.41) is 17.3. The molecule has 0 bridgehead atoms. The van der Waals surface area contributed by atoms with Crippen molar-refractivity contribution in [2.75, 3.05) is 18.9 Å². The van der Waals surface area contributed by atoms with Gasteiger partial charge in [0.25, 0.3) is 0 Å². The zero-order valence-corrected chi connectivity index (χ0v) is 10.7. The third-order valence-electron chi connectivity index (χ3n) is 2.06. The second-order valence-corrected chi connectivity index (χ2v) is 5.64. The molecule has 0 saturated heterocycles. The van der Waals surface area contributed by atoms with E-state index in [-0.39, 0.29) is 10.7 Å². The van der Waals surface area contributed by atoms with E-state index in [9.17, 15) is 12.8 Å². The van der Waals surface area contributed by atoms with Crippen LogP contribution in [0, 0.1) is 5.82 Å². The van der Waals surface area contributed by atoms with Gasteiger partial charge in [-0.05, 0) is 12.1 Å². The third-order valence-corrected chi connectivity index (χ3v) is 3.95. The maximum absolute atomic E-state index is 13.0. The summed E-state index contributed by atoms with van der Waals surface area (Å²) in [4.78, 5) is -0.395. The monoisotopic (exact) mass is 298 g/mol. The molecule has 0 aliphatic carbocycles. The maximum Gasteiger partial charge on any atom is 0.242 e. The minimum Gasteiger partial charge on any atom is -0.396 e. The number of sulfonamides is 1. The Bertz CT molecular complexity index is 538. The molecule has 0 aliphatic rings. The summed E-state index contributed by atoms with van der Waals surface area (Å²) in [6.45, 7) is -0.992. The lowest BCUT2D eigenvalue weighted by Crippen LogP contribution is -2.34. The number of halogens is 2. The summed E-state index contributed by atoms with van der Waals surface area (Å²) >= 11 is 5.61. The number of aliphatic hydroxyl groups excluding tert-OH is 2. The summed E-state index contributed by atoms with van der Waals surface area (Å²) in [6.07, 6.45) is -1.24. The quantitative estimate of drug-likeness (QED) is 0.557. The number of aliphatic hydroxyl groups is 2. The van der Waals surface area contributed by atoms with Crippen molar-refractivity contribution < 1.29 is 23.0 Å². The van der Waals surface area contributed by atoms with Crippen molar-refractivity contribution in [3.63, 3.8) is 0 Å². The number of hydrogen-bond acceptors (Lipinski definition) is 5. The fourth-order valence-electron chi connectivity index (χ4n) is 1.10. The molecule has 0 heterocycles. The van der Waals surface area contributed by atoms with Crippen molar-refractivity contribution in [1.29, 1.82) is 0 Å². The summed E-state index contributed by atoms with van der Waals surface area (Å²) in [5.74, 6) is -0.825. The highest BCUT2D eigenvalue weighted by Crippen LogP contribution is 2.26. The average molecular weight is 299 g/mol. The lowest BCUT2D eigenvalue weighted by atomic mass is 10.3. The molecular formula is C9H12ClFN2O4S. The minimum absolute atomic E-state index is 0.326. The molecule has 1 aromatic carbocycles. The number of benzene rings is 1. The Labute approximate surface area is 108 Å². The van der Waals surface area contributed by atoms with E-state index in [1.807, 2.05) is 4.72 Å². The molecule has 0 radical (unpaired) electrons. The van der Waals surface area contributed by atoms with E-state index in [0.717, 1.165) is 12.1 Å². The first-order valence-corrected chi connectivity index (χ1v) is 6.67. The lowest BCUT2D eigenvalue weighted by Gasteiger charge is -2.11. The van der Waals surface area contributed by atoms with Crippen LogP contribution < -0.4 is 10.5 Å². The number of nitrogens with one attached hydrogen (secondary N) is 1. The molecule has 6 nitrogen and oxygen atoms in total. The highest BCUT2D eigenvalue weighted by molar-refractivity contribution is 7.89. The molecule has 1 rings (SSSR count). The molecule has 9 heteroatoms. The predicted octanol–water partition coefficient (Wildman–Crippen LogP) is -0.307. The van der Waals surface area contributed by atoms with E-state index in [4.69, 9.17) is 27.5 Å². The molecule has 0 saturated carbocycles. The van der Waals surface area contributed by atoms with E-state index in [0.29, 0.717) is 0 Å². The SMILES string of the molecule is Nc1cc(S(=O)(=O)NCC(O)CO)c(Cl)cc1F. The van der Waals surface area contributed by atoms with Crippen LogP contribution in [0.3, 0.4) is 0 Å². The molecule has 0 aromatic heterocycles. The summed E-state index contributed by atoms with van der Waals surface area (Å²) < 4.78 is 38.6. The standard InChI is InChI=1S/C9H12ClFN2O4S/c10-6-1-7(11)8(12)2-9(6)18(16,17)13-3-5(15)4-14/h1-2,5,13-15H,3-4,12H2. The van der Waals surface area contributed by atoms with Crippen molar-refractivity contribution in [1.82, 2.24) is 4.72 Å². The van der Waals surface area contributed by atoms with Crippen LogP contribution in [0.4, 0.5) is 10.1 Å². The Morgan fingerprint density at radius 3 is 2.67 bits per heavy atom. The first-order chi connectivity index (χ1) is 8.27. The Morgan fingerprint density at radius 1 is 1.50 bits per heavy atom. The average Bonchev–Trinajstić information content (AvgIpc) is 2.30. The molecule has 1 atom stereocenters. The van der Waals surface area contributed by atoms with Crippen LogP contribution in [-0.4, -0.2) is 37.9 Å². The van der Waals surface area contributed by atoms with Gasteiger partial charge in [0.1, 0.15) is 10.7 Å². The van der Waals surface area contributed by atoms with Crippen molar-refractivity contribution in [3.8, 4) is 0 Å². The molecule has 5 N–H and O–H groups in total. The van der Waals surface area contributed by atoms with E-state index >= 15 is 0 Å². The minimum atomic E-state index is -4.04. The molecule has 0 spiro atoms. The van der Waals surface area contributed by atoms with Crippen molar-refractivity contribution in [2.24, 2.45) is 0 Å². The van der Waals surface area contributed by atoms with Crippen LogP contribution in [0.15, 0.2) is 17.0 Å².